The standard InChI is InChI=1S/C17H25NO2S/c1-17(2,3)13-6-7-14-12(10-13)9-11(5-8-15(19)20)16(21)18(14)4/h5,8-9,13,16,21H,6-7,10H2,1-4H3,(H,19,20)/b8-5+. The van der Waals surface area contributed by atoms with Crippen LogP contribution >= 0.6 is 12.6 Å². The van der Waals surface area contributed by atoms with Crippen LogP contribution < -0.4 is 0 Å². The molecule has 1 N–H and O–H groups in total. The Hall–Kier alpha value is -1.16. The van der Waals surface area contributed by atoms with Gasteiger partial charge >= 0.3 is 5.97 Å². The number of carboxylic acid groups (broad SMARTS) is 1. The zero-order chi connectivity index (χ0) is 15.8. The fourth-order valence-corrected chi connectivity index (χ4v) is 3.49. The highest BCUT2D eigenvalue weighted by molar-refractivity contribution is 7.81. The Kier molecular flexibility index (Phi) is 4.57. The van der Waals surface area contributed by atoms with E-state index >= 15 is 0 Å². The molecule has 0 aromatic heterocycles. The van der Waals surface area contributed by atoms with Crippen molar-refractivity contribution in [1.82, 2.24) is 4.90 Å². The molecule has 2 atom stereocenters. The minimum Gasteiger partial charge on any atom is -0.478 e. The summed E-state index contributed by atoms with van der Waals surface area (Å²) in [6.45, 7) is 6.89. The van der Waals surface area contributed by atoms with Crippen molar-refractivity contribution in [3.63, 3.8) is 0 Å². The minimum atomic E-state index is -0.921. The fraction of sp³-hybridized carbons (Fsp3) is 0.588. The number of hydrogen-bond acceptors (Lipinski definition) is 3. The largest absolute Gasteiger partial charge is 0.478 e. The molecule has 0 saturated heterocycles. The summed E-state index contributed by atoms with van der Waals surface area (Å²) in [5, 5.41) is 8.75. The fourth-order valence-electron chi connectivity index (χ4n) is 3.19. The quantitative estimate of drug-likeness (QED) is 0.601. The number of rotatable bonds is 2. The lowest BCUT2D eigenvalue weighted by Gasteiger charge is -2.42. The molecule has 0 radical (unpaired) electrons. The average Bonchev–Trinajstić information content (AvgIpc) is 2.39. The highest BCUT2D eigenvalue weighted by atomic mass is 32.1. The molecule has 2 aliphatic rings. The van der Waals surface area contributed by atoms with Gasteiger partial charge in [-0.1, -0.05) is 26.8 Å². The first-order chi connectivity index (χ1) is 9.70. The van der Waals surface area contributed by atoms with Gasteiger partial charge in [0.05, 0.1) is 5.37 Å². The molecule has 21 heavy (non-hydrogen) atoms. The maximum atomic E-state index is 10.7. The van der Waals surface area contributed by atoms with E-state index in [1.165, 1.54) is 23.8 Å². The van der Waals surface area contributed by atoms with E-state index in [4.69, 9.17) is 5.11 Å². The van der Waals surface area contributed by atoms with E-state index in [9.17, 15) is 4.79 Å². The summed E-state index contributed by atoms with van der Waals surface area (Å²) in [6.07, 6.45) is 8.36. The third-order valence-electron chi connectivity index (χ3n) is 4.64. The van der Waals surface area contributed by atoms with Crippen LogP contribution in [0.5, 0.6) is 0 Å². The molecule has 0 bridgehead atoms. The van der Waals surface area contributed by atoms with Gasteiger partial charge in [0, 0.05) is 18.8 Å². The molecule has 0 saturated carbocycles. The molecule has 0 amide bonds. The molecule has 1 aliphatic heterocycles. The molecule has 0 aromatic carbocycles. The number of nitrogens with zero attached hydrogens (tertiary/aromatic N) is 1. The SMILES string of the molecule is CN1C2=C(C=C(/C=C/C(=O)O)C1S)CC(C(C)(C)C)CC2. The number of carboxylic acids is 1. The van der Waals surface area contributed by atoms with Gasteiger partial charge < -0.3 is 10.0 Å². The second-order valence-corrected chi connectivity index (χ2v) is 7.57. The van der Waals surface area contributed by atoms with Crippen molar-refractivity contribution < 1.29 is 9.90 Å². The first kappa shape index (κ1) is 16.2. The van der Waals surface area contributed by atoms with Gasteiger partial charge in [-0.2, -0.15) is 0 Å². The zero-order valence-electron chi connectivity index (χ0n) is 13.3. The third kappa shape index (κ3) is 3.54. The predicted octanol–water partition coefficient (Wildman–Crippen LogP) is 3.86. The van der Waals surface area contributed by atoms with Crippen LogP contribution in [-0.2, 0) is 4.79 Å². The van der Waals surface area contributed by atoms with Crippen LogP contribution in [0, 0.1) is 11.3 Å². The van der Waals surface area contributed by atoms with Gasteiger partial charge in [-0.15, -0.1) is 12.6 Å². The number of aliphatic carboxylic acids is 1. The highest BCUT2D eigenvalue weighted by Crippen LogP contribution is 2.44. The Balaban J connectivity index is 2.30. The Bertz CT molecular complexity index is 525. The first-order valence-corrected chi connectivity index (χ1v) is 7.97. The molecule has 3 nitrogen and oxygen atoms in total. The predicted molar refractivity (Wildman–Crippen MR) is 89.2 cm³/mol. The number of thiol groups is 1. The van der Waals surface area contributed by atoms with Crippen LogP contribution in [0.2, 0.25) is 0 Å². The first-order valence-electron chi connectivity index (χ1n) is 7.45. The Morgan fingerprint density at radius 2 is 2.14 bits per heavy atom. The molecule has 2 rings (SSSR count). The molecule has 0 spiro atoms. The second kappa shape index (κ2) is 5.91. The monoisotopic (exact) mass is 307 g/mol. The van der Waals surface area contributed by atoms with Gasteiger partial charge in [0.1, 0.15) is 0 Å². The topological polar surface area (TPSA) is 40.5 Å². The van der Waals surface area contributed by atoms with Crippen molar-refractivity contribution in [2.24, 2.45) is 11.3 Å². The third-order valence-corrected chi connectivity index (χ3v) is 5.29. The van der Waals surface area contributed by atoms with Crippen molar-refractivity contribution in [2.75, 3.05) is 7.05 Å². The number of carbonyl (C=O) groups is 1. The smallest absolute Gasteiger partial charge is 0.328 e. The van der Waals surface area contributed by atoms with Gasteiger partial charge in [-0.25, -0.2) is 4.79 Å². The van der Waals surface area contributed by atoms with Crippen LogP contribution in [0.3, 0.4) is 0 Å². The summed E-state index contributed by atoms with van der Waals surface area (Å²) in [5.41, 5.74) is 3.97. The summed E-state index contributed by atoms with van der Waals surface area (Å²) >= 11 is 4.63. The molecule has 0 fully saturated rings. The van der Waals surface area contributed by atoms with E-state index in [0.29, 0.717) is 11.3 Å². The molecule has 1 heterocycles. The lowest BCUT2D eigenvalue weighted by atomic mass is 9.71. The van der Waals surface area contributed by atoms with Crippen molar-refractivity contribution >= 4 is 18.6 Å². The lowest BCUT2D eigenvalue weighted by molar-refractivity contribution is -0.131. The molecular formula is C17H25NO2S. The molecule has 0 aromatic rings. The van der Waals surface area contributed by atoms with Crippen LogP contribution in [-0.4, -0.2) is 28.4 Å². The van der Waals surface area contributed by atoms with Crippen LogP contribution in [0.15, 0.2) is 35.1 Å². The van der Waals surface area contributed by atoms with Gasteiger partial charge in [-0.05, 0) is 47.8 Å². The Labute approximate surface area is 132 Å². The van der Waals surface area contributed by atoms with Crippen molar-refractivity contribution in [2.45, 2.75) is 45.4 Å². The van der Waals surface area contributed by atoms with E-state index in [0.717, 1.165) is 18.4 Å². The van der Waals surface area contributed by atoms with Gasteiger partial charge in [-0.3, -0.25) is 0 Å². The normalized spacial score (nSPS) is 26.9. The van der Waals surface area contributed by atoms with Gasteiger partial charge in [0.15, 0.2) is 0 Å². The average molecular weight is 307 g/mol. The summed E-state index contributed by atoms with van der Waals surface area (Å²) < 4.78 is 0. The van der Waals surface area contributed by atoms with Crippen molar-refractivity contribution in [3.05, 3.63) is 35.1 Å². The van der Waals surface area contributed by atoms with Crippen molar-refractivity contribution in [1.29, 1.82) is 0 Å². The molecule has 4 heteroatoms. The molecule has 1 aliphatic carbocycles. The maximum absolute atomic E-state index is 10.7. The maximum Gasteiger partial charge on any atom is 0.328 e. The van der Waals surface area contributed by atoms with Crippen LogP contribution in [0.4, 0.5) is 0 Å². The highest BCUT2D eigenvalue weighted by Gasteiger charge is 2.33. The van der Waals surface area contributed by atoms with E-state index in [2.05, 4.69) is 44.4 Å². The van der Waals surface area contributed by atoms with Crippen LogP contribution in [0.25, 0.3) is 0 Å². The van der Waals surface area contributed by atoms with Crippen molar-refractivity contribution in [3.8, 4) is 0 Å². The number of likely N-dealkylation sites (N-methyl/N-ethyl adjacent to an activating group) is 1. The van der Waals surface area contributed by atoms with E-state index in [1.54, 1.807) is 6.08 Å². The summed E-state index contributed by atoms with van der Waals surface area (Å²) in [5.74, 6) is -0.253. The van der Waals surface area contributed by atoms with Gasteiger partial charge in [0.2, 0.25) is 0 Å². The van der Waals surface area contributed by atoms with E-state index in [1.807, 2.05) is 7.05 Å². The summed E-state index contributed by atoms with van der Waals surface area (Å²) in [6, 6.07) is 0. The number of hydrogen-bond donors (Lipinski definition) is 2. The lowest BCUT2D eigenvalue weighted by Crippen LogP contribution is -2.35. The molecule has 2 unspecified atom stereocenters. The number of allylic oxidation sites excluding steroid dienone is 3. The zero-order valence-corrected chi connectivity index (χ0v) is 14.2. The summed E-state index contributed by atoms with van der Waals surface area (Å²) in [4.78, 5) is 12.9. The summed E-state index contributed by atoms with van der Waals surface area (Å²) in [7, 11) is 2.05. The van der Waals surface area contributed by atoms with Crippen LogP contribution in [0.1, 0.15) is 40.0 Å². The Morgan fingerprint density at radius 1 is 1.48 bits per heavy atom. The second-order valence-electron chi connectivity index (χ2n) is 7.08. The Morgan fingerprint density at radius 3 is 2.71 bits per heavy atom. The minimum absolute atomic E-state index is 0.0643. The molecule has 116 valence electrons. The van der Waals surface area contributed by atoms with Gasteiger partial charge in [0.25, 0.3) is 0 Å². The van der Waals surface area contributed by atoms with E-state index in [-0.39, 0.29) is 5.37 Å². The van der Waals surface area contributed by atoms with E-state index < -0.39 is 5.97 Å². The molecular weight excluding hydrogens is 282 g/mol.